The van der Waals surface area contributed by atoms with Gasteiger partial charge in [-0.3, -0.25) is 0 Å². The number of ether oxygens (including phenoxy) is 2. The zero-order valence-corrected chi connectivity index (χ0v) is 13.4. The Bertz CT molecular complexity index is 520. The molecular weight excluding hydrogens is 392 g/mol. The number of hydrogen-bond acceptors (Lipinski definition) is 12. The van der Waals surface area contributed by atoms with Crippen molar-refractivity contribution in [1.82, 2.24) is 0 Å². The minimum Gasteiger partial charge on any atom is -0.505 e. The quantitative estimate of drug-likeness (QED) is 0.175. The molecule has 0 spiro atoms. The maximum Gasteiger partial charge on any atom is 2.00 e. The second-order valence-electron chi connectivity index (χ2n) is 4.62. The van der Waals surface area contributed by atoms with Crippen LogP contribution in [0.2, 0.25) is 0 Å². The molecule has 0 aromatic carbocycles. The summed E-state index contributed by atoms with van der Waals surface area (Å²) in [4.78, 5) is 21.1. The van der Waals surface area contributed by atoms with E-state index in [1.54, 1.807) is 0 Å². The van der Waals surface area contributed by atoms with Crippen LogP contribution < -0.4 is 0 Å². The van der Waals surface area contributed by atoms with Crippen molar-refractivity contribution in [3.05, 3.63) is 23.0 Å². The summed E-state index contributed by atoms with van der Waals surface area (Å²) >= 11 is 0. The van der Waals surface area contributed by atoms with Crippen molar-refractivity contribution in [2.45, 2.75) is 24.4 Å². The van der Waals surface area contributed by atoms with Gasteiger partial charge in [-0.2, -0.15) is 0 Å². The third-order valence-electron chi connectivity index (χ3n) is 2.95. The first kappa shape index (κ1) is 23.0. The molecule has 2 aliphatic heterocycles. The second-order valence-corrected chi connectivity index (χ2v) is 4.62. The van der Waals surface area contributed by atoms with Gasteiger partial charge in [0, 0.05) is 0 Å². The molecule has 0 fully saturated rings. The fourth-order valence-electron chi connectivity index (χ4n) is 1.65. The van der Waals surface area contributed by atoms with E-state index in [1.165, 1.54) is 0 Å². The summed E-state index contributed by atoms with van der Waals surface area (Å²) in [5, 5.41) is 70.1. The van der Waals surface area contributed by atoms with Gasteiger partial charge in [-0.1, -0.05) is 0 Å². The number of esters is 2. The molecule has 0 aromatic heterocycles. The van der Waals surface area contributed by atoms with Gasteiger partial charge in [0.25, 0.3) is 0 Å². The van der Waals surface area contributed by atoms with Gasteiger partial charge in [-0.05, 0) is 0 Å². The van der Waals surface area contributed by atoms with E-state index in [9.17, 15) is 9.59 Å². The van der Waals surface area contributed by atoms with Crippen LogP contribution in [0.25, 0.3) is 0 Å². The molecule has 2 rings (SSSR count). The van der Waals surface area contributed by atoms with Crippen LogP contribution in [0.5, 0.6) is 0 Å². The van der Waals surface area contributed by atoms with Crippen molar-refractivity contribution >= 4 is 11.9 Å². The Balaban J connectivity index is 0.000000443. The molecule has 0 saturated carbocycles. The van der Waals surface area contributed by atoms with Gasteiger partial charge in [0.05, 0.1) is 13.2 Å². The SMILES string of the molecule is O=C1O[C@H]([C@@H](O)CO)C(O)=C1O.O=C1O[C@H]([C@@H](O)CO)C(O)=C1O.[Fe+2]. The van der Waals surface area contributed by atoms with Crippen LogP contribution in [-0.2, 0) is 36.1 Å². The van der Waals surface area contributed by atoms with Crippen LogP contribution in [0.1, 0.15) is 0 Å². The Morgan fingerprint density at radius 1 is 0.760 bits per heavy atom. The van der Waals surface area contributed by atoms with Crippen molar-refractivity contribution < 1.29 is 77.0 Å². The van der Waals surface area contributed by atoms with Crippen LogP contribution in [0, 0.1) is 0 Å². The van der Waals surface area contributed by atoms with Gasteiger partial charge in [-0.15, -0.1) is 0 Å². The number of rotatable bonds is 4. The molecule has 8 N–H and O–H groups in total. The largest absolute Gasteiger partial charge is 2.00 e. The molecule has 2 aliphatic rings. The first-order chi connectivity index (χ1) is 11.1. The maximum absolute atomic E-state index is 10.5. The predicted octanol–water partition coefficient (Wildman–Crippen LogP) is -2.82. The fourth-order valence-corrected chi connectivity index (χ4v) is 1.65. The smallest absolute Gasteiger partial charge is 0.505 e. The number of carbonyl (C=O) groups is 2. The van der Waals surface area contributed by atoms with E-state index in [0.717, 1.165) is 0 Å². The Hall–Kier alpha value is -2.02. The van der Waals surface area contributed by atoms with Gasteiger partial charge in [0.15, 0.2) is 23.7 Å². The van der Waals surface area contributed by atoms with Gasteiger partial charge in [0.2, 0.25) is 11.5 Å². The first-order valence-electron chi connectivity index (χ1n) is 6.39. The Kier molecular flexibility index (Phi) is 8.69. The summed E-state index contributed by atoms with van der Waals surface area (Å²) in [7, 11) is 0. The van der Waals surface area contributed by atoms with Crippen molar-refractivity contribution in [2.24, 2.45) is 0 Å². The zero-order valence-electron chi connectivity index (χ0n) is 12.3. The van der Waals surface area contributed by atoms with E-state index in [-0.39, 0.29) is 17.1 Å². The summed E-state index contributed by atoms with van der Waals surface area (Å²) in [6.45, 7) is -1.34. The Morgan fingerprint density at radius 2 is 1.04 bits per heavy atom. The molecule has 0 aromatic rings. The van der Waals surface area contributed by atoms with Crippen LogP contribution >= 0.6 is 0 Å². The van der Waals surface area contributed by atoms with E-state index >= 15 is 0 Å². The van der Waals surface area contributed by atoms with Crippen molar-refractivity contribution in [1.29, 1.82) is 0 Å². The van der Waals surface area contributed by atoms with Crippen molar-refractivity contribution in [3.8, 4) is 0 Å². The number of carbonyl (C=O) groups excluding carboxylic acids is 2. The van der Waals surface area contributed by atoms with Gasteiger partial charge in [0.1, 0.15) is 12.2 Å². The molecule has 0 unspecified atom stereocenters. The number of aliphatic hydroxyl groups is 8. The zero-order chi connectivity index (χ0) is 18.6. The Labute approximate surface area is 150 Å². The summed E-state index contributed by atoms with van der Waals surface area (Å²) in [6, 6.07) is 0. The molecule has 0 bridgehead atoms. The van der Waals surface area contributed by atoms with Crippen molar-refractivity contribution in [2.75, 3.05) is 13.2 Å². The van der Waals surface area contributed by atoms with Crippen molar-refractivity contribution in [3.63, 3.8) is 0 Å². The van der Waals surface area contributed by atoms with E-state index < -0.39 is 72.6 Å². The molecule has 12 nitrogen and oxygen atoms in total. The van der Waals surface area contributed by atoms with Gasteiger partial charge in [-0.25, -0.2) is 9.59 Å². The summed E-state index contributed by atoms with van der Waals surface area (Å²) in [6.07, 6.45) is -5.55. The van der Waals surface area contributed by atoms with Crippen LogP contribution in [0.4, 0.5) is 0 Å². The van der Waals surface area contributed by atoms with Gasteiger partial charge >= 0.3 is 29.0 Å². The molecule has 4 atom stereocenters. The summed E-state index contributed by atoms with van der Waals surface area (Å²) < 4.78 is 8.63. The molecular formula is C12H16FeO12+2. The van der Waals surface area contributed by atoms with E-state index in [4.69, 9.17) is 40.9 Å². The van der Waals surface area contributed by atoms with E-state index in [2.05, 4.69) is 9.47 Å². The van der Waals surface area contributed by atoms with Crippen LogP contribution in [0.3, 0.4) is 0 Å². The Morgan fingerprint density at radius 3 is 1.20 bits per heavy atom. The normalized spacial score (nSPS) is 24.8. The minimum atomic E-state index is -1.42. The van der Waals surface area contributed by atoms with Crippen LogP contribution in [-0.4, -0.2) is 90.4 Å². The number of aliphatic hydroxyl groups excluding tert-OH is 8. The molecule has 2 heterocycles. The molecule has 0 saturated heterocycles. The molecule has 13 heteroatoms. The predicted molar refractivity (Wildman–Crippen MR) is 70.5 cm³/mol. The molecule has 0 aliphatic carbocycles. The van der Waals surface area contributed by atoms with Crippen LogP contribution in [0.15, 0.2) is 23.0 Å². The number of cyclic esters (lactones) is 2. The fraction of sp³-hybridized carbons (Fsp3) is 0.500. The third kappa shape index (κ3) is 4.98. The average molecular weight is 408 g/mol. The first-order valence-corrected chi connectivity index (χ1v) is 6.39. The average Bonchev–Trinajstić information content (AvgIpc) is 2.98. The molecule has 25 heavy (non-hydrogen) atoms. The topological polar surface area (TPSA) is 214 Å². The summed E-state index contributed by atoms with van der Waals surface area (Å²) in [5.41, 5.74) is 0. The monoisotopic (exact) mass is 408 g/mol. The maximum atomic E-state index is 10.5. The standard InChI is InChI=1S/2C6H8O6.Fe/c2*7-1-2(8)5-3(9)4(10)6(11)12-5;/h2*2,5,7-10H,1H2;/q;;+2/t2*2-,5+;/m00./s1. The molecule has 142 valence electrons. The third-order valence-corrected chi connectivity index (χ3v) is 2.95. The second kappa shape index (κ2) is 9.46. The minimum absolute atomic E-state index is 0. The van der Waals surface area contributed by atoms with Gasteiger partial charge < -0.3 is 50.3 Å². The van der Waals surface area contributed by atoms with E-state index in [0.29, 0.717) is 0 Å². The molecule has 0 amide bonds. The summed E-state index contributed by atoms with van der Waals surface area (Å²) in [5.74, 6) is -5.56. The number of hydrogen-bond donors (Lipinski definition) is 8. The van der Waals surface area contributed by atoms with E-state index in [1.807, 2.05) is 0 Å². The molecule has 0 radical (unpaired) electrons.